The zero-order valence-corrected chi connectivity index (χ0v) is 12.2. The third kappa shape index (κ3) is 2.63. The van der Waals surface area contributed by atoms with Crippen LogP contribution in [0.15, 0.2) is 18.2 Å². The average Bonchev–Trinajstić information content (AvgIpc) is 3.03. The monoisotopic (exact) mass is 294 g/mol. The molecule has 5 heteroatoms. The van der Waals surface area contributed by atoms with Gasteiger partial charge in [0.25, 0.3) is 5.91 Å². The molecule has 2 fully saturated rings. The van der Waals surface area contributed by atoms with Crippen LogP contribution < -0.4 is 10.6 Å². The molecule has 108 valence electrons. The summed E-state index contributed by atoms with van der Waals surface area (Å²) >= 11 is 6.01. The molecule has 3 atom stereocenters. The highest BCUT2D eigenvalue weighted by Crippen LogP contribution is 2.34. The summed E-state index contributed by atoms with van der Waals surface area (Å²) in [7, 11) is 0. The second kappa shape index (κ2) is 5.62. The Morgan fingerprint density at radius 3 is 2.95 bits per heavy atom. The molecule has 3 unspecified atom stereocenters. The largest absolute Gasteiger partial charge is 0.385 e. The second-order valence-corrected chi connectivity index (χ2v) is 5.85. The number of carbonyl (C=O) groups is 1. The van der Waals surface area contributed by atoms with E-state index in [0.717, 1.165) is 31.5 Å². The van der Waals surface area contributed by atoms with Gasteiger partial charge in [-0.2, -0.15) is 0 Å². The van der Waals surface area contributed by atoms with Gasteiger partial charge in [0.1, 0.15) is 0 Å². The molecule has 2 heterocycles. The van der Waals surface area contributed by atoms with Gasteiger partial charge in [-0.1, -0.05) is 11.6 Å². The molecule has 0 spiro atoms. The summed E-state index contributed by atoms with van der Waals surface area (Å²) in [5.74, 6) is -0.0791. The zero-order chi connectivity index (χ0) is 14.1. The van der Waals surface area contributed by atoms with Gasteiger partial charge in [0, 0.05) is 17.3 Å². The molecule has 1 aromatic carbocycles. The van der Waals surface area contributed by atoms with E-state index >= 15 is 0 Å². The molecular weight excluding hydrogens is 276 g/mol. The van der Waals surface area contributed by atoms with Gasteiger partial charge in [-0.3, -0.25) is 4.79 Å². The summed E-state index contributed by atoms with van der Waals surface area (Å²) in [6.07, 6.45) is 3.61. The Morgan fingerprint density at radius 2 is 2.30 bits per heavy atom. The van der Waals surface area contributed by atoms with Crippen LogP contribution >= 0.6 is 11.6 Å². The van der Waals surface area contributed by atoms with Gasteiger partial charge in [0.05, 0.1) is 23.8 Å². The molecule has 2 aliphatic heterocycles. The Balaban J connectivity index is 1.74. The van der Waals surface area contributed by atoms with Crippen LogP contribution in [-0.2, 0) is 4.74 Å². The third-order valence-corrected chi connectivity index (χ3v) is 4.25. The van der Waals surface area contributed by atoms with E-state index in [0.29, 0.717) is 16.7 Å². The molecule has 2 bridgehead atoms. The fourth-order valence-corrected chi connectivity index (χ4v) is 3.26. The van der Waals surface area contributed by atoms with E-state index in [1.807, 2.05) is 13.0 Å². The first kappa shape index (κ1) is 13.7. The third-order valence-electron chi connectivity index (χ3n) is 4.02. The molecule has 20 heavy (non-hydrogen) atoms. The summed E-state index contributed by atoms with van der Waals surface area (Å²) < 4.78 is 5.77. The number of benzene rings is 1. The van der Waals surface area contributed by atoms with Crippen LogP contribution in [-0.4, -0.2) is 30.7 Å². The highest BCUT2D eigenvalue weighted by molar-refractivity contribution is 6.31. The molecule has 2 aliphatic rings. The summed E-state index contributed by atoms with van der Waals surface area (Å²) in [4.78, 5) is 12.5. The van der Waals surface area contributed by atoms with Crippen molar-refractivity contribution < 1.29 is 9.53 Å². The van der Waals surface area contributed by atoms with Crippen molar-refractivity contribution in [1.29, 1.82) is 0 Å². The van der Waals surface area contributed by atoms with Gasteiger partial charge in [-0.15, -0.1) is 0 Å². The van der Waals surface area contributed by atoms with Crippen molar-refractivity contribution in [3.05, 3.63) is 28.8 Å². The maximum Gasteiger partial charge on any atom is 0.253 e. The van der Waals surface area contributed by atoms with Crippen LogP contribution in [0.3, 0.4) is 0 Å². The zero-order valence-electron chi connectivity index (χ0n) is 11.5. The number of hydrogen-bond donors (Lipinski definition) is 2. The molecule has 0 aliphatic carbocycles. The van der Waals surface area contributed by atoms with E-state index in [2.05, 4.69) is 10.6 Å². The number of hydrogen-bond acceptors (Lipinski definition) is 3. The average molecular weight is 295 g/mol. The van der Waals surface area contributed by atoms with Crippen LogP contribution in [0.2, 0.25) is 5.02 Å². The number of rotatable bonds is 4. The van der Waals surface area contributed by atoms with E-state index in [-0.39, 0.29) is 18.1 Å². The standard InChI is InChI=1S/C15H19ClN2O2/c1-2-17-12-5-3-9(16)7-11(12)15(19)18-13-8-10-4-6-14(13)20-10/h3,5,7,10,13-14,17H,2,4,6,8H2,1H3,(H,18,19). The van der Waals surface area contributed by atoms with Gasteiger partial charge in [0.2, 0.25) is 0 Å². The summed E-state index contributed by atoms with van der Waals surface area (Å²) in [6, 6.07) is 5.48. The molecule has 0 saturated carbocycles. The Bertz CT molecular complexity index is 521. The highest BCUT2D eigenvalue weighted by Gasteiger charge is 2.41. The van der Waals surface area contributed by atoms with Crippen LogP contribution in [0.1, 0.15) is 36.5 Å². The van der Waals surface area contributed by atoms with Crippen molar-refractivity contribution in [1.82, 2.24) is 5.32 Å². The Labute approximate surface area is 123 Å². The van der Waals surface area contributed by atoms with Crippen molar-refractivity contribution >= 4 is 23.2 Å². The predicted molar refractivity (Wildman–Crippen MR) is 79.4 cm³/mol. The van der Waals surface area contributed by atoms with Gasteiger partial charge in [-0.05, 0) is 44.4 Å². The number of amides is 1. The minimum absolute atomic E-state index is 0.0791. The number of carbonyl (C=O) groups excluding carboxylic acids is 1. The molecule has 1 amide bonds. The van der Waals surface area contributed by atoms with Crippen molar-refractivity contribution in [2.45, 2.75) is 44.4 Å². The molecule has 3 rings (SSSR count). The first-order chi connectivity index (χ1) is 9.67. The van der Waals surface area contributed by atoms with Crippen LogP contribution in [0.25, 0.3) is 0 Å². The number of ether oxygens (including phenoxy) is 1. The van der Waals surface area contributed by atoms with Crippen molar-refractivity contribution in [3.63, 3.8) is 0 Å². The predicted octanol–water partition coefficient (Wildman–Crippen LogP) is 2.82. The Kier molecular flexibility index (Phi) is 3.85. The summed E-state index contributed by atoms with van der Waals surface area (Å²) in [5, 5.41) is 6.85. The van der Waals surface area contributed by atoms with Gasteiger partial charge in [0.15, 0.2) is 0 Å². The fraction of sp³-hybridized carbons (Fsp3) is 0.533. The van der Waals surface area contributed by atoms with Crippen LogP contribution in [0.4, 0.5) is 5.69 Å². The Hall–Kier alpha value is -1.26. The molecular formula is C15H19ClN2O2. The summed E-state index contributed by atoms with van der Waals surface area (Å²) in [5.41, 5.74) is 1.42. The SMILES string of the molecule is CCNc1ccc(Cl)cc1C(=O)NC1CC2CCC1O2. The Morgan fingerprint density at radius 1 is 1.45 bits per heavy atom. The maximum absolute atomic E-state index is 12.5. The molecule has 2 saturated heterocycles. The number of nitrogens with one attached hydrogen (secondary N) is 2. The lowest BCUT2D eigenvalue weighted by Crippen LogP contribution is -2.41. The van der Waals surface area contributed by atoms with Crippen molar-refractivity contribution in [3.8, 4) is 0 Å². The minimum atomic E-state index is -0.0791. The normalized spacial score (nSPS) is 27.6. The van der Waals surface area contributed by atoms with Crippen LogP contribution in [0.5, 0.6) is 0 Å². The van der Waals surface area contributed by atoms with Crippen molar-refractivity contribution in [2.75, 3.05) is 11.9 Å². The first-order valence-electron chi connectivity index (χ1n) is 7.17. The van der Waals surface area contributed by atoms with E-state index < -0.39 is 0 Å². The second-order valence-electron chi connectivity index (χ2n) is 5.41. The quantitative estimate of drug-likeness (QED) is 0.898. The fourth-order valence-electron chi connectivity index (χ4n) is 3.08. The topological polar surface area (TPSA) is 50.4 Å². The number of fused-ring (bicyclic) bond motifs is 2. The minimum Gasteiger partial charge on any atom is -0.385 e. The van der Waals surface area contributed by atoms with E-state index in [1.54, 1.807) is 12.1 Å². The lowest BCUT2D eigenvalue weighted by molar-refractivity contribution is 0.0841. The van der Waals surface area contributed by atoms with E-state index in [4.69, 9.17) is 16.3 Å². The van der Waals surface area contributed by atoms with Gasteiger partial charge < -0.3 is 15.4 Å². The van der Waals surface area contributed by atoms with E-state index in [9.17, 15) is 4.79 Å². The van der Waals surface area contributed by atoms with Crippen molar-refractivity contribution in [2.24, 2.45) is 0 Å². The molecule has 1 aromatic rings. The number of halogens is 1. The number of anilines is 1. The molecule has 0 radical (unpaired) electrons. The molecule has 0 aromatic heterocycles. The summed E-state index contributed by atoms with van der Waals surface area (Å²) in [6.45, 7) is 2.76. The van der Waals surface area contributed by atoms with Gasteiger partial charge in [-0.25, -0.2) is 0 Å². The highest BCUT2D eigenvalue weighted by atomic mass is 35.5. The van der Waals surface area contributed by atoms with Crippen LogP contribution in [0, 0.1) is 0 Å². The maximum atomic E-state index is 12.5. The first-order valence-corrected chi connectivity index (χ1v) is 7.55. The molecule has 4 nitrogen and oxygen atoms in total. The molecule has 2 N–H and O–H groups in total. The smallest absolute Gasteiger partial charge is 0.253 e. The lowest BCUT2D eigenvalue weighted by Gasteiger charge is -2.21. The van der Waals surface area contributed by atoms with E-state index in [1.165, 1.54) is 0 Å². The lowest BCUT2D eigenvalue weighted by atomic mass is 9.95. The van der Waals surface area contributed by atoms with Gasteiger partial charge >= 0.3 is 0 Å².